The number of likely N-dealkylation sites (N-methyl/N-ethyl adjacent to an activating group) is 1. The lowest BCUT2D eigenvalue weighted by Crippen LogP contribution is -2.34. The lowest BCUT2D eigenvalue weighted by molar-refractivity contribution is 0.0762. The molecule has 0 saturated carbocycles. The summed E-state index contributed by atoms with van der Waals surface area (Å²) in [6.07, 6.45) is 1.01. The van der Waals surface area contributed by atoms with Crippen molar-refractivity contribution in [2.24, 2.45) is 0 Å². The number of hydrogen-bond acceptors (Lipinski definition) is 4. The fraction of sp³-hybridized carbons (Fsp3) is 0.500. The molecular weight excluding hydrogens is 242 g/mol. The fourth-order valence-electron chi connectivity index (χ4n) is 2.28. The van der Waals surface area contributed by atoms with Crippen LogP contribution in [0.25, 0.3) is 0 Å². The molecule has 1 amide bonds. The Kier molecular flexibility index (Phi) is 4.27. The maximum absolute atomic E-state index is 12.4. The van der Waals surface area contributed by atoms with E-state index in [1.807, 2.05) is 4.90 Å². The Morgan fingerprint density at radius 1 is 1.26 bits per heavy atom. The molecule has 0 spiro atoms. The highest BCUT2D eigenvalue weighted by Crippen LogP contribution is 2.23. The first-order chi connectivity index (χ1) is 9.11. The van der Waals surface area contributed by atoms with Crippen LogP contribution in [0, 0.1) is 0 Å². The van der Waals surface area contributed by atoms with E-state index in [1.54, 1.807) is 25.3 Å². The van der Waals surface area contributed by atoms with Gasteiger partial charge in [0.15, 0.2) is 0 Å². The Labute approximate surface area is 113 Å². The molecular formula is C14H21N3O2. The summed E-state index contributed by atoms with van der Waals surface area (Å²) >= 11 is 0. The van der Waals surface area contributed by atoms with Gasteiger partial charge in [-0.05, 0) is 38.2 Å². The van der Waals surface area contributed by atoms with Gasteiger partial charge in [0.05, 0.1) is 12.8 Å². The first kappa shape index (κ1) is 13.7. The summed E-state index contributed by atoms with van der Waals surface area (Å²) in [5.41, 5.74) is 6.95. The summed E-state index contributed by atoms with van der Waals surface area (Å²) in [5, 5.41) is 0. The molecule has 0 atom stereocenters. The molecule has 0 aromatic heterocycles. The van der Waals surface area contributed by atoms with Crippen molar-refractivity contribution in [1.82, 2.24) is 9.80 Å². The van der Waals surface area contributed by atoms with Crippen LogP contribution in [0.3, 0.4) is 0 Å². The number of amides is 1. The van der Waals surface area contributed by atoms with E-state index in [2.05, 4.69) is 11.9 Å². The highest BCUT2D eigenvalue weighted by atomic mass is 16.5. The minimum absolute atomic E-state index is 0.0496. The molecule has 0 radical (unpaired) electrons. The van der Waals surface area contributed by atoms with E-state index in [9.17, 15) is 4.79 Å². The molecule has 5 nitrogen and oxygen atoms in total. The third-order valence-electron chi connectivity index (χ3n) is 3.49. The zero-order chi connectivity index (χ0) is 13.8. The lowest BCUT2D eigenvalue weighted by Gasteiger charge is -2.21. The van der Waals surface area contributed by atoms with E-state index in [0.29, 0.717) is 17.0 Å². The standard InChI is InChI=1S/C14H21N3O2/c1-16-6-3-7-17(9-8-16)14(18)11-4-5-12(15)13(10-11)19-2/h4-5,10H,3,6-9,15H2,1-2H3. The monoisotopic (exact) mass is 263 g/mol. The predicted molar refractivity (Wildman–Crippen MR) is 75.4 cm³/mol. The van der Waals surface area contributed by atoms with Gasteiger partial charge in [-0.2, -0.15) is 0 Å². The van der Waals surface area contributed by atoms with E-state index < -0.39 is 0 Å². The maximum atomic E-state index is 12.4. The van der Waals surface area contributed by atoms with Crippen LogP contribution in [-0.4, -0.2) is 56.0 Å². The van der Waals surface area contributed by atoms with Gasteiger partial charge in [0.1, 0.15) is 5.75 Å². The average Bonchev–Trinajstić information content (AvgIpc) is 2.63. The van der Waals surface area contributed by atoms with E-state index in [0.717, 1.165) is 32.6 Å². The second-order valence-corrected chi connectivity index (χ2v) is 4.91. The zero-order valence-electron chi connectivity index (χ0n) is 11.6. The molecule has 19 heavy (non-hydrogen) atoms. The molecule has 0 aliphatic carbocycles. The van der Waals surface area contributed by atoms with Gasteiger partial charge in [-0.25, -0.2) is 0 Å². The van der Waals surface area contributed by atoms with E-state index in [-0.39, 0.29) is 5.91 Å². The van der Waals surface area contributed by atoms with Crippen molar-refractivity contribution >= 4 is 11.6 Å². The number of hydrogen-bond donors (Lipinski definition) is 1. The van der Waals surface area contributed by atoms with Crippen molar-refractivity contribution in [2.75, 3.05) is 46.1 Å². The summed E-state index contributed by atoms with van der Waals surface area (Å²) < 4.78 is 5.16. The largest absolute Gasteiger partial charge is 0.495 e. The normalized spacial score (nSPS) is 17.1. The molecule has 2 rings (SSSR count). The smallest absolute Gasteiger partial charge is 0.254 e. The van der Waals surface area contributed by atoms with Gasteiger partial charge in [0.25, 0.3) is 5.91 Å². The highest BCUT2D eigenvalue weighted by molar-refractivity contribution is 5.95. The molecule has 1 aliphatic rings. The number of benzene rings is 1. The number of methoxy groups -OCH3 is 1. The highest BCUT2D eigenvalue weighted by Gasteiger charge is 2.19. The molecule has 1 aromatic rings. The van der Waals surface area contributed by atoms with Gasteiger partial charge in [-0.1, -0.05) is 0 Å². The zero-order valence-corrected chi connectivity index (χ0v) is 11.6. The van der Waals surface area contributed by atoms with Crippen LogP contribution in [0.2, 0.25) is 0 Å². The second-order valence-electron chi connectivity index (χ2n) is 4.91. The summed E-state index contributed by atoms with van der Waals surface area (Å²) in [6, 6.07) is 5.19. The number of nitrogens with zero attached hydrogens (tertiary/aromatic N) is 2. The fourth-order valence-corrected chi connectivity index (χ4v) is 2.28. The number of carbonyl (C=O) groups excluding carboxylic acids is 1. The Morgan fingerprint density at radius 3 is 2.79 bits per heavy atom. The second kappa shape index (κ2) is 5.93. The van der Waals surface area contributed by atoms with E-state index in [4.69, 9.17) is 10.5 Å². The molecule has 5 heteroatoms. The predicted octanol–water partition coefficient (Wildman–Crippen LogP) is 1.06. The SMILES string of the molecule is COc1cc(C(=O)N2CCCN(C)CC2)ccc1N. The van der Waals surface area contributed by atoms with Crippen molar-refractivity contribution < 1.29 is 9.53 Å². The van der Waals surface area contributed by atoms with Crippen LogP contribution in [-0.2, 0) is 0 Å². The molecule has 1 heterocycles. The van der Waals surface area contributed by atoms with E-state index >= 15 is 0 Å². The quantitative estimate of drug-likeness (QED) is 0.810. The Morgan fingerprint density at radius 2 is 2.05 bits per heavy atom. The Hall–Kier alpha value is -1.75. The maximum Gasteiger partial charge on any atom is 0.254 e. The molecule has 1 aliphatic heterocycles. The van der Waals surface area contributed by atoms with Gasteiger partial charge < -0.3 is 20.3 Å². The van der Waals surface area contributed by atoms with Gasteiger partial charge in [-0.3, -0.25) is 4.79 Å². The molecule has 1 fully saturated rings. The summed E-state index contributed by atoms with van der Waals surface area (Å²) in [7, 11) is 3.64. The van der Waals surface area contributed by atoms with Crippen molar-refractivity contribution in [3.05, 3.63) is 23.8 Å². The van der Waals surface area contributed by atoms with Gasteiger partial charge in [-0.15, -0.1) is 0 Å². The van der Waals surface area contributed by atoms with Crippen molar-refractivity contribution in [3.63, 3.8) is 0 Å². The van der Waals surface area contributed by atoms with Crippen LogP contribution in [0.5, 0.6) is 5.75 Å². The summed E-state index contributed by atoms with van der Waals surface area (Å²) in [5.74, 6) is 0.603. The third-order valence-corrected chi connectivity index (χ3v) is 3.49. The van der Waals surface area contributed by atoms with E-state index in [1.165, 1.54) is 0 Å². The number of ether oxygens (including phenoxy) is 1. The molecule has 2 N–H and O–H groups in total. The van der Waals surface area contributed by atoms with Gasteiger partial charge in [0, 0.05) is 25.2 Å². The molecule has 0 unspecified atom stereocenters. The summed E-state index contributed by atoms with van der Waals surface area (Å²) in [4.78, 5) is 16.6. The Bertz CT molecular complexity index is 462. The van der Waals surface area contributed by atoms with Gasteiger partial charge in [0.2, 0.25) is 0 Å². The van der Waals surface area contributed by atoms with Crippen LogP contribution in [0.4, 0.5) is 5.69 Å². The van der Waals surface area contributed by atoms with Crippen LogP contribution in [0.1, 0.15) is 16.8 Å². The summed E-state index contributed by atoms with van der Waals surface area (Å²) in [6.45, 7) is 3.52. The average molecular weight is 263 g/mol. The molecule has 104 valence electrons. The topological polar surface area (TPSA) is 58.8 Å². The molecule has 1 saturated heterocycles. The lowest BCUT2D eigenvalue weighted by atomic mass is 10.1. The minimum atomic E-state index is 0.0496. The van der Waals surface area contributed by atoms with Crippen molar-refractivity contribution in [2.45, 2.75) is 6.42 Å². The van der Waals surface area contributed by atoms with Crippen LogP contribution >= 0.6 is 0 Å². The number of rotatable bonds is 2. The number of nitrogens with two attached hydrogens (primary N) is 1. The first-order valence-electron chi connectivity index (χ1n) is 6.53. The molecule has 1 aromatic carbocycles. The van der Waals surface area contributed by atoms with Gasteiger partial charge >= 0.3 is 0 Å². The first-order valence-corrected chi connectivity index (χ1v) is 6.53. The number of carbonyl (C=O) groups is 1. The number of anilines is 1. The Balaban J connectivity index is 2.14. The van der Waals surface area contributed by atoms with Crippen LogP contribution in [0.15, 0.2) is 18.2 Å². The van der Waals surface area contributed by atoms with Crippen molar-refractivity contribution in [1.29, 1.82) is 0 Å². The van der Waals surface area contributed by atoms with Crippen molar-refractivity contribution in [3.8, 4) is 5.75 Å². The number of nitrogen functional groups attached to an aromatic ring is 1. The van der Waals surface area contributed by atoms with Crippen LogP contribution < -0.4 is 10.5 Å². The molecule has 0 bridgehead atoms. The third kappa shape index (κ3) is 3.17. The minimum Gasteiger partial charge on any atom is -0.495 e.